The largest absolute Gasteiger partial charge is 0.462 e. The highest BCUT2D eigenvalue weighted by atomic mass is 16.6. The van der Waals surface area contributed by atoms with Gasteiger partial charge in [-0.05, 0) is 94.7 Å². The van der Waals surface area contributed by atoms with Gasteiger partial charge in [-0.15, -0.1) is 12.8 Å². The molecule has 0 radical (unpaired) electrons. The Bertz CT molecular complexity index is 3070. The van der Waals surface area contributed by atoms with Crippen molar-refractivity contribution in [3.63, 3.8) is 0 Å². The van der Waals surface area contributed by atoms with Gasteiger partial charge in [-0.25, -0.2) is 4.98 Å². The summed E-state index contributed by atoms with van der Waals surface area (Å²) in [6, 6.07) is 4.69. The van der Waals surface area contributed by atoms with Crippen LogP contribution in [0.1, 0.15) is 5.69 Å². The average molecular weight is 771 g/mol. The van der Waals surface area contributed by atoms with Crippen molar-refractivity contribution in [3.05, 3.63) is 18.2 Å². The molecule has 0 amide bonds. The summed E-state index contributed by atoms with van der Waals surface area (Å²) in [6.45, 7) is 0.546. The van der Waals surface area contributed by atoms with Crippen molar-refractivity contribution in [2.45, 2.75) is 12.5 Å². The highest BCUT2D eigenvalue weighted by Crippen LogP contribution is 1.98. The molecular formula is C54H18N4O3. The lowest BCUT2D eigenvalue weighted by Crippen LogP contribution is -2.35. The summed E-state index contributed by atoms with van der Waals surface area (Å²) < 4.78 is 10.7. The van der Waals surface area contributed by atoms with Gasteiger partial charge < -0.3 is 20.2 Å². The number of imidazole rings is 1. The molecule has 0 saturated heterocycles. The molecule has 3 N–H and O–H groups in total. The van der Waals surface area contributed by atoms with E-state index in [-0.39, 0.29) is 32.8 Å². The van der Waals surface area contributed by atoms with Gasteiger partial charge in [0.05, 0.1) is 26.1 Å². The molecule has 7 nitrogen and oxygen atoms in total. The number of ether oxygens (including phenoxy) is 2. The number of nitrogens with one attached hydrogen (secondary N) is 1. The van der Waals surface area contributed by atoms with Crippen molar-refractivity contribution in [1.82, 2.24) is 14.9 Å². The summed E-state index contributed by atoms with van der Waals surface area (Å²) in [6.07, 6.45) is 13.3. The van der Waals surface area contributed by atoms with Crippen LogP contribution in [-0.4, -0.2) is 53.2 Å². The van der Waals surface area contributed by atoms with Crippen LogP contribution in [0, 0.1) is 262 Å². The quantitative estimate of drug-likeness (QED) is 0.151. The molecule has 0 aliphatic carbocycles. The van der Waals surface area contributed by atoms with Crippen LogP contribution in [0.4, 0.5) is 0 Å². The van der Waals surface area contributed by atoms with Crippen molar-refractivity contribution in [3.8, 4) is 262 Å². The lowest BCUT2D eigenvalue weighted by Gasteiger charge is -2.12. The van der Waals surface area contributed by atoms with Gasteiger partial charge >= 0.3 is 5.97 Å². The monoisotopic (exact) mass is 770 g/mol. The van der Waals surface area contributed by atoms with Crippen molar-refractivity contribution in [2.24, 2.45) is 5.73 Å². The fourth-order valence-corrected chi connectivity index (χ4v) is 2.75. The minimum Gasteiger partial charge on any atom is -0.462 e. The third-order valence-corrected chi connectivity index (χ3v) is 5.00. The van der Waals surface area contributed by atoms with Gasteiger partial charge in [0.15, 0.2) is 0 Å². The highest BCUT2D eigenvalue weighted by Gasteiger charge is 2.16. The Morgan fingerprint density at radius 2 is 0.852 bits per heavy atom. The molecule has 61 heavy (non-hydrogen) atoms. The first-order valence-electron chi connectivity index (χ1n) is 16.3. The number of nitrogens with two attached hydrogens (primary N) is 1. The van der Waals surface area contributed by atoms with E-state index in [0.717, 1.165) is 5.69 Å². The van der Waals surface area contributed by atoms with E-state index in [1.165, 1.54) is 11.2 Å². The van der Waals surface area contributed by atoms with Crippen LogP contribution in [0.5, 0.6) is 0 Å². The molecule has 0 aliphatic rings. The summed E-state index contributed by atoms with van der Waals surface area (Å²) in [5.41, 5.74) is 6.59. The number of rotatable bonds is 9. The van der Waals surface area contributed by atoms with Gasteiger partial charge in [0.2, 0.25) is 0 Å². The lowest BCUT2D eigenvalue weighted by molar-refractivity contribution is -0.146. The summed E-state index contributed by atoms with van der Waals surface area (Å²) in [5.74, 6) is 98.5. The van der Waals surface area contributed by atoms with Crippen LogP contribution < -0.4 is 5.73 Å². The molecule has 1 rings (SSSR count). The highest BCUT2D eigenvalue weighted by molar-refractivity contribution is 5.75. The maximum atomic E-state index is 12.1. The second-order valence-electron chi connectivity index (χ2n) is 9.08. The Hall–Kier alpha value is -11.3. The van der Waals surface area contributed by atoms with Gasteiger partial charge in [0.1, 0.15) is 12.6 Å². The van der Waals surface area contributed by atoms with E-state index in [1.807, 2.05) is 0 Å². The Morgan fingerprint density at radius 1 is 0.525 bits per heavy atom. The SMILES string of the molecule is C#CC#CC#CC#CC#CC#CC#CC#CC#CC#CC#CN(C#CC#CC#CC#CC#CC#CC#CC#CC#CC#CC#C)CCOCCOC(=O)C(N)Cc1cnc[nH]1. The number of carbonyl (C=O) groups excluding carboxylic acids is 1. The lowest BCUT2D eigenvalue weighted by atomic mass is 10.2. The number of aromatic amines is 1. The van der Waals surface area contributed by atoms with Gasteiger partial charge in [-0.2, -0.15) is 0 Å². The van der Waals surface area contributed by atoms with E-state index in [2.05, 4.69) is 259 Å². The minimum atomic E-state index is -0.840. The normalized spacial score (nSPS) is 6.48. The fraction of sp³-hybridized carbons (Fsp3) is 0.111. The standard InChI is InChI=1S/C54H18N4O3/c1-3-5-7-9-11-13-15-17-19-21-23-25-27-29-31-33-35-37-39-41-43-58(45-46-60-47-48-61-54(59)53(55)49-52-50-56-51-57-52)44-42-40-38-36-34-32-30-28-26-24-22-20-18-16-14-12-10-8-6-4-2/h1-2,50-51,53H,45-49,55H2,(H,56,57). The Labute approximate surface area is 358 Å². The molecule has 1 aromatic heterocycles. The summed E-state index contributed by atoms with van der Waals surface area (Å²) >= 11 is 0. The number of H-pyrrole nitrogens is 1. The number of hydrogen-bond donors (Lipinski definition) is 2. The van der Waals surface area contributed by atoms with Gasteiger partial charge in [0.25, 0.3) is 0 Å². The summed E-state index contributed by atoms with van der Waals surface area (Å²) in [5, 5.41) is 0. The first-order chi connectivity index (χ1) is 30.2. The van der Waals surface area contributed by atoms with Gasteiger partial charge in [-0.1, -0.05) is 0 Å². The van der Waals surface area contributed by atoms with Crippen LogP contribution in [0.3, 0.4) is 0 Å². The van der Waals surface area contributed by atoms with Crippen molar-refractivity contribution < 1.29 is 14.3 Å². The van der Waals surface area contributed by atoms with E-state index in [4.69, 9.17) is 28.1 Å². The van der Waals surface area contributed by atoms with Crippen molar-refractivity contribution in [1.29, 1.82) is 0 Å². The number of esters is 1. The zero-order chi connectivity index (χ0) is 43.8. The molecule has 7 heteroatoms. The molecule has 0 saturated carbocycles. The maximum Gasteiger partial charge on any atom is 0.323 e. The van der Waals surface area contributed by atoms with E-state index in [9.17, 15) is 4.79 Å². The smallest absolute Gasteiger partial charge is 0.323 e. The van der Waals surface area contributed by atoms with E-state index in [0.29, 0.717) is 0 Å². The van der Waals surface area contributed by atoms with E-state index in [1.54, 1.807) is 6.20 Å². The third kappa shape index (κ3) is 33.1. The molecule has 0 spiro atoms. The molecule has 0 aromatic carbocycles. The predicted octanol–water partition coefficient (Wildman–Crippen LogP) is -0.609. The van der Waals surface area contributed by atoms with Crippen LogP contribution >= 0.6 is 0 Å². The molecule has 1 atom stereocenters. The van der Waals surface area contributed by atoms with Crippen LogP contribution in [0.25, 0.3) is 0 Å². The number of terminal acetylenes is 2. The molecule has 0 fully saturated rings. The molecule has 1 unspecified atom stereocenters. The zero-order valence-electron chi connectivity index (χ0n) is 31.6. The Balaban J connectivity index is 2.81. The van der Waals surface area contributed by atoms with Crippen molar-refractivity contribution in [2.75, 3.05) is 26.4 Å². The molecule has 272 valence electrons. The number of hydrogen-bond acceptors (Lipinski definition) is 6. The zero-order valence-corrected chi connectivity index (χ0v) is 31.6. The fourth-order valence-electron chi connectivity index (χ4n) is 2.75. The topological polar surface area (TPSA) is 93.5 Å². The van der Waals surface area contributed by atoms with E-state index >= 15 is 0 Å². The molecule has 0 bridgehead atoms. The average Bonchev–Trinajstić information content (AvgIpc) is 3.78. The third-order valence-electron chi connectivity index (χ3n) is 5.00. The molecule has 1 heterocycles. The first-order valence-corrected chi connectivity index (χ1v) is 16.3. The summed E-state index contributed by atoms with van der Waals surface area (Å²) in [4.78, 5) is 20.3. The van der Waals surface area contributed by atoms with Crippen molar-refractivity contribution >= 4 is 5.97 Å². The van der Waals surface area contributed by atoms with Crippen LogP contribution in [-0.2, 0) is 20.7 Å². The Morgan fingerprint density at radius 3 is 1.16 bits per heavy atom. The molecule has 1 aromatic rings. The first kappa shape index (κ1) is 47.7. The van der Waals surface area contributed by atoms with Gasteiger partial charge in [-0.3, -0.25) is 9.69 Å². The minimum absolute atomic E-state index is 0.00480. The molecular weight excluding hydrogens is 753 g/mol. The number of carbonyl (C=O) groups is 1. The maximum absolute atomic E-state index is 12.1. The second kappa shape index (κ2) is 38.4. The molecule has 0 aliphatic heterocycles. The van der Waals surface area contributed by atoms with Crippen LogP contribution in [0.2, 0.25) is 0 Å². The second-order valence-corrected chi connectivity index (χ2v) is 9.08. The van der Waals surface area contributed by atoms with E-state index < -0.39 is 12.0 Å². The predicted molar refractivity (Wildman–Crippen MR) is 232 cm³/mol. The Kier molecular flexibility index (Phi) is 30.1. The number of nitrogens with zero attached hydrogens (tertiary/aromatic N) is 2. The summed E-state index contributed by atoms with van der Waals surface area (Å²) in [7, 11) is 0. The number of aromatic nitrogens is 2. The van der Waals surface area contributed by atoms with Crippen LogP contribution in [0.15, 0.2) is 12.5 Å². The van der Waals surface area contributed by atoms with Gasteiger partial charge in [0, 0.05) is 172 Å².